The lowest BCUT2D eigenvalue weighted by molar-refractivity contribution is 0.143. The minimum absolute atomic E-state index is 0. The Morgan fingerprint density at radius 1 is 1.37 bits per heavy atom. The van der Waals surface area contributed by atoms with Crippen LogP contribution in [-0.2, 0) is 6.54 Å². The van der Waals surface area contributed by atoms with E-state index in [9.17, 15) is 0 Å². The molecule has 0 saturated carbocycles. The maximum absolute atomic E-state index is 5.44. The minimum Gasteiger partial charge on any atom is -0.496 e. The molecule has 1 aromatic rings. The highest BCUT2D eigenvalue weighted by Gasteiger charge is 2.22. The second kappa shape index (κ2) is 8.41. The molecule has 3 nitrogen and oxygen atoms in total. The summed E-state index contributed by atoms with van der Waals surface area (Å²) in [5.41, 5.74) is 1.29. The van der Waals surface area contributed by atoms with Gasteiger partial charge in [-0.05, 0) is 12.5 Å². The number of halogens is 1. The molecule has 0 bridgehead atoms. The molecule has 0 spiro atoms. The number of nitrogens with one attached hydrogen (secondary N) is 1. The van der Waals surface area contributed by atoms with Crippen molar-refractivity contribution in [2.75, 3.05) is 26.7 Å². The summed E-state index contributed by atoms with van der Waals surface area (Å²) < 4.78 is 5.44. The molecule has 1 aliphatic rings. The fourth-order valence-electron chi connectivity index (χ4n) is 2.68. The standard InChI is InChI=1S/C15H24N2O.ClH/c1-3-6-14-11-16-9-10-17(14)12-13-7-4-5-8-15(13)18-2;/h4-5,7-8,14,16H,3,6,9-12H2,1-2H3;1H. The van der Waals surface area contributed by atoms with Gasteiger partial charge in [-0.15, -0.1) is 12.4 Å². The Balaban J connectivity index is 0.00000180. The van der Waals surface area contributed by atoms with Crippen molar-refractivity contribution in [3.63, 3.8) is 0 Å². The van der Waals surface area contributed by atoms with E-state index in [1.807, 2.05) is 12.1 Å². The van der Waals surface area contributed by atoms with Crippen LogP contribution in [0.15, 0.2) is 24.3 Å². The number of benzene rings is 1. The van der Waals surface area contributed by atoms with Crippen LogP contribution in [0.1, 0.15) is 25.3 Å². The van der Waals surface area contributed by atoms with Crippen LogP contribution in [-0.4, -0.2) is 37.7 Å². The van der Waals surface area contributed by atoms with E-state index in [1.54, 1.807) is 7.11 Å². The number of piperazine rings is 1. The predicted molar refractivity (Wildman–Crippen MR) is 82.2 cm³/mol. The largest absolute Gasteiger partial charge is 0.496 e. The van der Waals surface area contributed by atoms with E-state index >= 15 is 0 Å². The van der Waals surface area contributed by atoms with Crippen LogP contribution >= 0.6 is 12.4 Å². The predicted octanol–water partition coefficient (Wildman–Crippen LogP) is 2.69. The maximum Gasteiger partial charge on any atom is 0.123 e. The lowest BCUT2D eigenvalue weighted by atomic mass is 10.1. The highest BCUT2D eigenvalue weighted by atomic mass is 35.5. The fourth-order valence-corrected chi connectivity index (χ4v) is 2.68. The van der Waals surface area contributed by atoms with E-state index in [0.29, 0.717) is 6.04 Å². The van der Waals surface area contributed by atoms with E-state index < -0.39 is 0 Å². The van der Waals surface area contributed by atoms with Crippen molar-refractivity contribution in [2.24, 2.45) is 0 Å². The number of hydrogen-bond acceptors (Lipinski definition) is 3. The number of rotatable bonds is 5. The van der Waals surface area contributed by atoms with Crippen molar-refractivity contribution in [1.29, 1.82) is 0 Å². The molecule has 1 heterocycles. The number of nitrogens with zero attached hydrogens (tertiary/aromatic N) is 1. The molecule has 1 fully saturated rings. The van der Waals surface area contributed by atoms with Gasteiger partial charge in [-0.3, -0.25) is 4.90 Å². The van der Waals surface area contributed by atoms with Gasteiger partial charge in [0.25, 0.3) is 0 Å². The number of methoxy groups -OCH3 is 1. The highest BCUT2D eigenvalue weighted by molar-refractivity contribution is 5.85. The molecule has 1 aromatic carbocycles. The summed E-state index contributed by atoms with van der Waals surface area (Å²) in [4.78, 5) is 2.58. The molecular weight excluding hydrogens is 260 g/mol. The fraction of sp³-hybridized carbons (Fsp3) is 0.600. The molecule has 108 valence electrons. The maximum atomic E-state index is 5.44. The molecule has 19 heavy (non-hydrogen) atoms. The van der Waals surface area contributed by atoms with Crippen LogP contribution in [0, 0.1) is 0 Å². The number of ether oxygens (including phenoxy) is 1. The Morgan fingerprint density at radius 3 is 2.89 bits per heavy atom. The monoisotopic (exact) mass is 284 g/mol. The van der Waals surface area contributed by atoms with Crippen LogP contribution in [0.25, 0.3) is 0 Å². The van der Waals surface area contributed by atoms with Crippen LogP contribution in [0.5, 0.6) is 5.75 Å². The molecule has 2 rings (SSSR count). The summed E-state index contributed by atoms with van der Waals surface area (Å²) in [6.45, 7) is 6.59. The first-order chi connectivity index (χ1) is 8.85. The Labute approximate surface area is 122 Å². The smallest absolute Gasteiger partial charge is 0.123 e. The summed E-state index contributed by atoms with van der Waals surface area (Å²) >= 11 is 0. The van der Waals surface area contributed by atoms with Crippen LogP contribution in [0.4, 0.5) is 0 Å². The van der Waals surface area contributed by atoms with E-state index in [-0.39, 0.29) is 12.4 Å². The zero-order chi connectivity index (χ0) is 12.8. The minimum atomic E-state index is 0. The first-order valence-electron chi connectivity index (χ1n) is 6.91. The van der Waals surface area contributed by atoms with Gasteiger partial charge in [-0.2, -0.15) is 0 Å². The summed E-state index contributed by atoms with van der Waals surface area (Å²) in [6.07, 6.45) is 2.51. The molecule has 0 radical (unpaired) electrons. The van der Waals surface area contributed by atoms with Gasteiger partial charge in [0, 0.05) is 37.8 Å². The first-order valence-corrected chi connectivity index (χ1v) is 6.91. The molecule has 1 aliphatic heterocycles. The highest BCUT2D eigenvalue weighted by Crippen LogP contribution is 2.21. The molecule has 0 aliphatic carbocycles. The molecule has 1 atom stereocenters. The molecule has 1 saturated heterocycles. The second-order valence-corrected chi connectivity index (χ2v) is 4.93. The van der Waals surface area contributed by atoms with Gasteiger partial charge in [0.1, 0.15) is 5.75 Å². The van der Waals surface area contributed by atoms with Gasteiger partial charge < -0.3 is 10.1 Å². The van der Waals surface area contributed by atoms with Crippen molar-refractivity contribution < 1.29 is 4.74 Å². The third-order valence-electron chi connectivity index (χ3n) is 3.66. The Morgan fingerprint density at radius 2 is 2.16 bits per heavy atom. The lowest BCUT2D eigenvalue weighted by Crippen LogP contribution is -2.50. The SMILES string of the molecule is CCCC1CNCCN1Cc1ccccc1OC.Cl. The molecule has 0 amide bonds. The quantitative estimate of drug-likeness (QED) is 0.900. The van der Waals surface area contributed by atoms with Crippen LogP contribution < -0.4 is 10.1 Å². The third-order valence-corrected chi connectivity index (χ3v) is 3.66. The molecule has 1 unspecified atom stereocenters. The van der Waals surface area contributed by atoms with Gasteiger partial charge in [0.2, 0.25) is 0 Å². The second-order valence-electron chi connectivity index (χ2n) is 4.93. The van der Waals surface area contributed by atoms with Gasteiger partial charge >= 0.3 is 0 Å². The van der Waals surface area contributed by atoms with Crippen molar-refractivity contribution in [1.82, 2.24) is 10.2 Å². The molecule has 1 N–H and O–H groups in total. The van der Waals surface area contributed by atoms with Gasteiger partial charge in [-0.25, -0.2) is 0 Å². The lowest BCUT2D eigenvalue weighted by Gasteiger charge is -2.36. The Hall–Kier alpha value is -0.770. The summed E-state index contributed by atoms with van der Waals surface area (Å²) in [5, 5.41) is 3.49. The molecule has 4 heteroatoms. The van der Waals surface area contributed by atoms with Crippen molar-refractivity contribution in [2.45, 2.75) is 32.4 Å². The van der Waals surface area contributed by atoms with E-state index in [0.717, 1.165) is 31.9 Å². The topological polar surface area (TPSA) is 24.5 Å². The van der Waals surface area contributed by atoms with Crippen LogP contribution in [0.2, 0.25) is 0 Å². The summed E-state index contributed by atoms with van der Waals surface area (Å²) in [5.74, 6) is 1.01. The van der Waals surface area contributed by atoms with Gasteiger partial charge in [0.15, 0.2) is 0 Å². The first kappa shape index (κ1) is 16.3. The Bertz CT molecular complexity index is 371. The average Bonchev–Trinajstić information content (AvgIpc) is 2.42. The zero-order valence-electron chi connectivity index (χ0n) is 11.9. The van der Waals surface area contributed by atoms with E-state index in [4.69, 9.17) is 4.74 Å². The van der Waals surface area contributed by atoms with Gasteiger partial charge in [-0.1, -0.05) is 31.5 Å². The van der Waals surface area contributed by atoms with E-state index in [1.165, 1.54) is 18.4 Å². The van der Waals surface area contributed by atoms with Gasteiger partial charge in [0.05, 0.1) is 7.11 Å². The number of para-hydroxylation sites is 1. The third kappa shape index (κ3) is 4.37. The summed E-state index contributed by atoms with van der Waals surface area (Å²) in [7, 11) is 1.75. The molecule has 0 aromatic heterocycles. The Kier molecular flexibility index (Phi) is 7.21. The molecular formula is C15H25ClN2O. The average molecular weight is 285 g/mol. The van der Waals surface area contributed by atoms with E-state index in [2.05, 4.69) is 29.3 Å². The summed E-state index contributed by atoms with van der Waals surface area (Å²) in [6, 6.07) is 9.00. The van der Waals surface area contributed by atoms with Crippen molar-refractivity contribution in [3.05, 3.63) is 29.8 Å². The van der Waals surface area contributed by atoms with Crippen LogP contribution in [0.3, 0.4) is 0 Å². The van der Waals surface area contributed by atoms with Crippen molar-refractivity contribution in [3.8, 4) is 5.75 Å². The normalized spacial score (nSPS) is 19.8. The number of hydrogen-bond donors (Lipinski definition) is 1. The van der Waals surface area contributed by atoms with Crippen molar-refractivity contribution >= 4 is 12.4 Å². The zero-order valence-corrected chi connectivity index (χ0v) is 12.7.